The number of pyridine rings is 1. The van der Waals surface area contributed by atoms with Crippen LogP contribution >= 0.6 is 0 Å². The van der Waals surface area contributed by atoms with E-state index in [2.05, 4.69) is 10.3 Å². The van der Waals surface area contributed by atoms with Gasteiger partial charge in [-0.1, -0.05) is 36.4 Å². The summed E-state index contributed by atoms with van der Waals surface area (Å²) in [5.74, 6) is 2.02. The van der Waals surface area contributed by atoms with Crippen LogP contribution in [0.3, 0.4) is 0 Å². The molecule has 1 amide bonds. The van der Waals surface area contributed by atoms with Crippen molar-refractivity contribution in [3.05, 3.63) is 102 Å². The van der Waals surface area contributed by atoms with Gasteiger partial charge < -0.3 is 19.2 Å². The summed E-state index contributed by atoms with van der Waals surface area (Å²) in [5, 5.41) is 2.97. The van der Waals surface area contributed by atoms with Crippen LogP contribution in [0.4, 0.5) is 0 Å². The molecule has 0 aliphatic rings. The number of furan rings is 1. The zero-order valence-corrected chi connectivity index (χ0v) is 18.5. The van der Waals surface area contributed by atoms with Gasteiger partial charge in [0.15, 0.2) is 17.3 Å². The van der Waals surface area contributed by atoms with Crippen molar-refractivity contribution in [1.82, 2.24) is 10.3 Å². The lowest BCUT2D eigenvalue weighted by Gasteiger charge is -2.13. The van der Waals surface area contributed by atoms with Crippen molar-refractivity contribution in [1.29, 1.82) is 0 Å². The van der Waals surface area contributed by atoms with Crippen LogP contribution in [0.15, 0.2) is 89.7 Å². The minimum atomic E-state index is -0.0195. The molecular formula is C27H26N2O4. The van der Waals surface area contributed by atoms with Gasteiger partial charge in [-0.05, 0) is 59.5 Å². The predicted octanol–water partition coefficient (Wildman–Crippen LogP) is 5.18. The molecule has 0 radical (unpaired) electrons. The van der Waals surface area contributed by atoms with Crippen molar-refractivity contribution < 1.29 is 18.7 Å². The van der Waals surface area contributed by atoms with Crippen LogP contribution in [0, 0.1) is 0 Å². The van der Waals surface area contributed by atoms with Crippen LogP contribution < -0.4 is 14.8 Å². The second kappa shape index (κ2) is 11.0. The van der Waals surface area contributed by atoms with Crippen molar-refractivity contribution in [3.63, 3.8) is 0 Å². The third-order valence-corrected chi connectivity index (χ3v) is 5.19. The summed E-state index contributed by atoms with van der Waals surface area (Å²) >= 11 is 0. The molecule has 0 saturated carbocycles. The maximum Gasteiger partial charge on any atom is 0.220 e. The first-order valence-corrected chi connectivity index (χ1v) is 10.8. The molecule has 0 aliphatic carbocycles. The van der Waals surface area contributed by atoms with E-state index in [0.29, 0.717) is 43.3 Å². The van der Waals surface area contributed by atoms with Gasteiger partial charge in [0.25, 0.3) is 0 Å². The van der Waals surface area contributed by atoms with Gasteiger partial charge in [-0.25, -0.2) is 0 Å². The lowest BCUT2D eigenvalue weighted by Crippen LogP contribution is -2.23. The summed E-state index contributed by atoms with van der Waals surface area (Å²) in [5.41, 5.74) is 3.80. The van der Waals surface area contributed by atoms with Crippen LogP contribution in [-0.2, 0) is 24.4 Å². The highest BCUT2D eigenvalue weighted by Gasteiger charge is 2.09. The van der Waals surface area contributed by atoms with Crippen LogP contribution in [0.2, 0.25) is 0 Å². The van der Waals surface area contributed by atoms with Crippen molar-refractivity contribution in [3.8, 4) is 23.0 Å². The van der Waals surface area contributed by atoms with Crippen molar-refractivity contribution in [2.45, 2.75) is 26.0 Å². The summed E-state index contributed by atoms with van der Waals surface area (Å²) < 4.78 is 16.8. The van der Waals surface area contributed by atoms with E-state index in [1.807, 2.05) is 72.8 Å². The Kier molecular flexibility index (Phi) is 7.38. The molecule has 2 heterocycles. The average molecular weight is 443 g/mol. The molecule has 2 aromatic carbocycles. The van der Waals surface area contributed by atoms with E-state index in [-0.39, 0.29) is 5.91 Å². The van der Waals surface area contributed by atoms with Gasteiger partial charge in [0, 0.05) is 19.2 Å². The fraction of sp³-hybridized carbons (Fsp3) is 0.185. The second-order valence-electron chi connectivity index (χ2n) is 7.56. The molecule has 4 rings (SSSR count). The highest BCUT2D eigenvalue weighted by atomic mass is 16.5. The largest absolute Gasteiger partial charge is 0.493 e. The number of aryl methyl sites for hydroxylation is 1. The number of hydrogen-bond acceptors (Lipinski definition) is 5. The highest BCUT2D eigenvalue weighted by molar-refractivity contribution is 5.76. The first-order valence-electron chi connectivity index (χ1n) is 10.8. The lowest BCUT2D eigenvalue weighted by atomic mass is 10.1. The van der Waals surface area contributed by atoms with Gasteiger partial charge in [0.1, 0.15) is 12.3 Å². The van der Waals surface area contributed by atoms with Gasteiger partial charge in [-0.2, -0.15) is 0 Å². The fourth-order valence-corrected chi connectivity index (χ4v) is 3.41. The van der Waals surface area contributed by atoms with Gasteiger partial charge in [0.05, 0.1) is 13.4 Å². The first-order chi connectivity index (χ1) is 16.2. The molecular weight excluding hydrogens is 416 g/mol. The van der Waals surface area contributed by atoms with Crippen LogP contribution in [0.1, 0.15) is 23.1 Å². The number of nitrogens with zero attached hydrogens (tertiary/aromatic N) is 1. The number of benzene rings is 2. The Morgan fingerprint density at radius 1 is 0.939 bits per heavy atom. The maximum atomic E-state index is 12.4. The molecule has 0 bridgehead atoms. The van der Waals surface area contributed by atoms with Crippen LogP contribution in [0.25, 0.3) is 11.5 Å². The van der Waals surface area contributed by atoms with E-state index in [0.717, 1.165) is 22.4 Å². The third kappa shape index (κ3) is 6.23. The zero-order chi connectivity index (χ0) is 22.9. The smallest absolute Gasteiger partial charge is 0.220 e. The number of ether oxygens (including phenoxy) is 2. The molecule has 0 atom stereocenters. The number of amides is 1. The monoisotopic (exact) mass is 442 g/mol. The van der Waals surface area contributed by atoms with Crippen molar-refractivity contribution in [2.75, 3.05) is 7.11 Å². The number of carbonyl (C=O) groups excluding carboxylic acids is 1. The van der Waals surface area contributed by atoms with Crippen molar-refractivity contribution in [2.24, 2.45) is 0 Å². The second-order valence-corrected chi connectivity index (χ2v) is 7.56. The standard InChI is InChI=1S/C27H26N2O4/c1-31-25-11-9-20(17-26(25)33-19-21-6-3-2-4-7-21)10-12-27(30)29-18-22-13-14-28-23(16-22)24-8-5-15-32-24/h2-9,11,13-17H,10,12,18-19H2,1H3,(H,29,30). The average Bonchev–Trinajstić information content (AvgIpc) is 3.41. The maximum absolute atomic E-state index is 12.4. The van der Waals surface area contributed by atoms with Gasteiger partial charge in [-0.15, -0.1) is 0 Å². The number of carbonyl (C=O) groups is 1. The Bertz CT molecular complexity index is 1170. The molecule has 0 fully saturated rings. The number of rotatable bonds is 10. The Balaban J connectivity index is 1.30. The molecule has 0 spiro atoms. The van der Waals surface area contributed by atoms with Crippen LogP contribution in [-0.4, -0.2) is 18.0 Å². The minimum absolute atomic E-state index is 0.0195. The molecule has 2 aromatic heterocycles. The van der Waals surface area contributed by atoms with E-state index in [1.54, 1.807) is 19.6 Å². The highest BCUT2D eigenvalue weighted by Crippen LogP contribution is 2.29. The summed E-state index contributed by atoms with van der Waals surface area (Å²) in [4.78, 5) is 16.7. The van der Waals surface area contributed by atoms with E-state index >= 15 is 0 Å². The fourth-order valence-electron chi connectivity index (χ4n) is 3.41. The number of aromatic nitrogens is 1. The SMILES string of the molecule is COc1ccc(CCC(=O)NCc2ccnc(-c3ccco3)c2)cc1OCc1ccccc1. The molecule has 0 saturated heterocycles. The van der Waals surface area contributed by atoms with E-state index < -0.39 is 0 Å². The number of methoxy groups -OCH3 is 1. The number of hydrogen-bond donors (Lipinski definition) is 1. The van der Waals surface area contributed by atoms with E-state index in [9.17, 15) is 4.79 Å². The zero-order valence-electron chi connectivity index (χ0n) is 18.5. The Morgan fingerprint density at radius 3 is 2.61 bits per heavy atom. The molecule has 4 aromatic rings. The summed E-state index contributed by atoms with van der Waals surface area (Å²) in [6.45, 7) is 0.885. The molecule has 0 unspecified atom stereocenters. The molecule has 0 aliphatic heterocycles. The Labute approximate surface area is 193 Å². The van der Waals surface area contributed by atoms with Gasteiger partial charge in [-0.3, -0.25) is 9.78 Å². The Morgan fingerprint density at radius 2 is 1.82 bits per heavy atom. The normalized spacial score (nSPS) is 10.6. The van der Waals surface area contributed by atoms with Crippen molar-refractivity contribution >= 4 is 5.91 Å². The lowest BCUT2D eigenvalue weighted by molar-refractivity contribution is -0.121. The van der Waals surface area contributed by atoms with Crippen LogP contribution in [0.5, 0.6) is 11.5 Å². The first kappa shape index (κ1) is 22.1. The van der Waals surface area contributed by atoms with E-state index in [4.69, 9.17) is 13.9 Å². The number of nitrogens with one attached hydrogen (secondary N) is 1. The van der Waals surface area contributed by atoms with E-state index in [1.165, 1.54) is 0 Å². The summed E-state index contributed by atoms with van der Waals surface area (Å²) in [6, 6.07) is 23.2. The molecule has 6 nitrogen and oxygen atoms in total. The van der Waals surface area contributed by atoms with Gasteiger partial charge >= 0.3 is 0 Å². The Hall–Kier alpha value is -4.06. The van der Waals surface area contributed by atoms with Gasteiger partial charge in [0.2, 0.25) is 5.91 Å². The predicted molar refractivity (Wildman–Crippen MR) is 126 cm³/mol. The quantitative estimate of drug-likeness (QED) is 0.366. The molecule has 33 heavy (non-hydrogen) atoms. The summed E-state index contributed by atoms with van der Waals surface area (Å²) in [6.07, 6.45) is 4.31. The topological polar surface area (TPSA) is 73.6 Å². The molecule has 168 valence electrons. The molecule has 6 heteroatoms. The third-order valence-electron chi connectivity index (χ3n) is 5.19. The molecule has 1 N–H and O–H groups in total. The summed E-state index contributed by atoms with van der Waals surface area (Å²) in [7, 11) is 1.62. The minimum Gasteiger partial charge on any atom is -0.493 e.